The molecule has 1 aliphatic heterocycles. The van der Waals surface area contributed by atoms with Gasteiger partial charge < -0.3 is 19.9 Å². The highest BCUT2D eigenvalue weighted by atomic mass is 16.5. The van der Waals surface area contributed by atoms with Crippen LogP contribution in [0, 0.1) is 0 Å². The van der Waals surface area contributed by atoms with Gasteiger partial charge in [0.05, 0.1) is 26.1 Å². The van der Waals surface area contributed by atoms with Crippen molar-refractivity contribution in [3.63, 3.8) is 0 Å². The summed E-state index contributed by atoms with van der Waals surface area (Å²) < 4.78 is 7.39. The Morgan fingerprint density at radius 3 is 2.65 bits per heavy atom. The first-order valence-corrected chi connectivity index (χ1v) is 7.66. The molecule has 0 radical (unpaired) electrons. The van der Waals surface area contributed by atoms with Gasteiger partial charge in [-0.15, -0.1) is 0 Å². The second kappa shape index (κ2) is 5.85. The highest BCUT2D eigenvalue weighted by molar-refractivity contribution is 5.83. The van der Waals surface area contributed by atoms with Crippen LogP contribution < -0.4 is 10.6 Å². The Hall–Kier alpha value is -2.67. The van der Waals surface area contributed by atoms with Crippen LogP contribution in [0.4, 0.5) is 11.8 Å². The van der Waals surface area contributed by atoms with Crippen molar-refractivity contribution in [2.24, 2.45) is 0 Å². The Morgan fingerprint density at radius 1 is 1.09 bits per heavy atom. The largest absolute Gasteiger partial charge is 0.382 e. The fourth-order valence-corrected chi connectivity index (χ4v) is 2.75. The van der Waals surface area contributed by atoms with Gasteiger partial charge in [0.1, 0.15) is 5.52 Å². The number of nitrogens with two attached hydrogens (primary N) is 1. The van der Waals surface area contributed by atoms with E-state index in [1.165, 1.54) is 5.56 Å². The number of imidazole rings is 1. The summed E-state index contributed by atoms with van der Waals surface area (Å²) in [6.07, 6.45) is 1.77. The SMILES string of the molecule is Nc1nc(N2CCOCC2)nc2c1ncn2Cc1ccccc1. The third kappa shape index (κ3) is 2.70. The van der Waals surface area contributed by atoms with Crippen molar-refractivity contribution in [3.05, 3.63) is 42.2 Å². The van der Waals surface area contributed by atoms with Crippen molar-refractivity contribution in [2.75, 3.05) is 36.9 Å². The fraction of sp³-hybridized carbons (Fsp3) is 0.312. The van der Waals surface area contributed by atoms with Crippen molar-refractivity contribution in [3.8, 4) is 0 Å². The molecule has 0 unspecified atom stereocenters. The van der Waals surface area contributed by atoms with E-state index in [9.17, 15) is 0 Å². The van der Waals surface area contributed by atoms with Gasteiger partial charge in [-0.3, -0.25) is 0 Å². The van der Waals surface area contributed by atoms with Gasteiger partial charge in [-0.1, -0.05) is 30.3 Å². The van der Waals surface area contributed by atoms with E-state index in [0.717, 1.165) is 18.7 Å². The molecule has 0 amide bonds. The molecule has 1 aromatic carbocycles. The molecular formula is C16H18N6O. The van der Waals surface area contributed by atoms with Crippen molar-refractivity contribution in [2.45, 2.75) is 6.54 Å². The minimum absolute atomic E-state index is 0.420. The maximum absolute atomic E-state index is 6.09. The van der Waals surface area contributed by atoms with Crippen molar-refractivity contribution >= 4 is 22.9 Å². The molecule has 1 aliphatic rings. The molecule has 0 bridgehead atoms. The number of hydrogen-bond acceptors (Lipinski definition) is 6. The smallest absolute Gasteiger partial charge is 0.229 e. The molecule has 7 nitrogen and oxygen atoms in total. The molecule has 0 aliphatic carbocycles. The van der Waals surface area contributed by atoms with E-state index in [0.29, 0.717) is 37.0 Å². The van der Waals surface area contributed by atoms with Crippen LogP contribution in [0.25, 0.3) is 11.2 Å². The van der Waals surface area contributed by atoms with Gasteiger partial charge in [-0.2, -0.15) is 9.97 Å². The molecule has 1 saturated heterocycles. The number of ether oxygens (including phenoxy) is 1. The third-order valence-corrected chi connectivity index (χ3v) is 3.97. The summed E-state index contributed by atoms with van der Waals surface area (Å²) in [4.78, 5) is 15.6. The predicted octanol–water partition coefficient (Wildman–Crippen LogP) is 1.29. The van der Waals surface area contributed by atoms with Crippen LogP contribution in [0.3, 0.4) is 0 Å². The maximum Gasteiger partial charge on any atom is 0.229 e. The summed E-state index contributed by atoms with van der Waals surface area (Å²) >= 11 is 0. The maximum atomic E-state index is 6.09. The third-order valence-electron chi connectivity index (χ3n) is 3.97. The van der Waals surface area contributed by atoms with E-state index in [4.69, 9.17) is 15.5 Å². The monoisotopic (exact) mass is 310 g/mol. The van der Waals surface area contributed by atoms with Gasteiger partial charge in [0.15, 0.2) is 11.5 Å². The van der Waals surface area contributed by atoms with Gasteiger partial charge in [-0.25, -0.2) is 4.98 Å². The number of nitrogens with zero attached hydrogens (tertiary/aromatic N) is 5. The first-order chi connectivity index (χ1) is 11.3. The van der Waals surface area contributed by atoms with Crippen molar-refractivity contribution in [1.82, 2.24) is 19.5 Å². The highest BCUT2D eigenvalue weighted by Crippen LogP contribution is 2.21. The second-order valence-corrected chi connectivity index (χ2v) is 5.54. The van der Waals surface area contributed by atoms with Crippen LogP contribution in [-0.4, -0.2) is 45.8 Å². The minimum atomic E-state index is 0.420. The van der Waals surface area contributed by atoms with E-state index in [1.54, 1.807) is 6.33 Å². The molecule has 2 N–H and O–H groups in total. The normalized spacial score (nSPS) is 15.2. The zero-order valence-electron chi connectivity index (χ0n) is 12.7. The Bertz CT molecular complexity index is 810. The van der Waals surface area contributed by atoms with Crippen LogP contribution in [0.15, 0.2) is 36.7 Å². The van der Waals surface area contributed by atoms with Gasteiger partial charge in [0, 0.05) is 13.1 Å². The molecular weight excluding hydrogens is 292 g/mol. The lowest BCUT2D eigenvalue weighted by Crippen LogP contribution is -2.37. The van der Waals surface area contributed by atoms with Crippen molar-refractivity contribution < 1.29 is 4.74 Å². The van der Waals surface area contributed by atoms with Crippen LogP contribution >= 0.6 is 0 Å². The number of benzene rings is 1. The van der Waals surface area contributed by atoms with E-state index in [1.807, 2.05) is 22.8 Å². The lowest BCUT2D eigenvalue weighted by Gasteiger charge is -2.26. The number of fused-ring (bicyclic) bond motifs is 1. The van der Waals surface area contributed by atoms with Crippen LogP contribution in [0.2, 0.25) is 0 Å². The van der Waals surface area contributed by atoms with E-state index < -0.39 is 0 Å². The number of anilines is 2. The lowest BCUT2D eigenvalue weighted by molar-refractivity contribution is 0.122. The molecule has 1 fully saturated rings. The van der Waals surface area contributed by atoms with Crippen molar-refractivity contribution in [1.29, 1.82) is 0 Å². The molecule has 7 heteroatoms. The summed E-state index contributed by atoms with van der Waals surface area (Å²) in [7, 11) is 0. The Morgan fingerprint density at radius 2 is 1.87 bits per heavy atom. The summed E-state index contributed by atoms with van der Waals surface area (Å²) in [6, 6.07) is 10.2. The average Bonchev–Trinajstić information content (AvgIpc) is 3.00. The van der Waals surface area contributed by atoms with Crippen LogP contribution in [0.5, 0.6) is 0 Å². The molecule has 0 saturated carbocycles. The minimum Gasteiger partial charge on any atom is -0.382 e. The molecule has 0 spiro atoms. The number of rotatable bonds is 3. The Kier molecular flexibility index (Phi) is 3.55. The number of nitrogen functional groups attached to an aromatic ring is 1. The average molecular weight is 310 g/mol. The quantitative estimate of drug-likeness (QED) is 0.785. The standard InChI is InChI=1S/C16H18N6O/c17-14-13-15(20-16(19-14)21-6-8-23-9-7-21)22(11-18-13)10-12-4-2-1-3-5-12/h1-5,11H,6-10H2,(H2,17,19,20). The molecule has 2 aromatic heterocycles. The summed E-state index contributed by atoms with van der Waals surface area (Å²) in [6.45, 7) is 3.63. The lowest BCUT2D eigenvalue weighted by atomic mass is 10.2. The molecule has 0 atom stereocenters. The highest BCUT2D eigenvalue weighted by Gasteiger charge is 2.18. The summed E-state index contributed by atoms with van der Waals surface area (Å²) in [5.74, 6) is 1.07. The van der Waals surface area contributed by atoms with Crippen LogP contribution in [0.1, 0.15) is 5.56 Å². The molecule has 3 aromatic rings. The first-order valence-electron chi connectivity index (χ1n) is 7.66. The summed E-state index contributed by atoms with van der Waals surface area (Å²) in [5, 5.41) is 0. The molecule has 23 heavy (non-hydrogen) atoms. The van der Waals surface area contributed by atoms with Crippen LogP contribution in [-0.2, 0) is 11.3 Å². The zero-order chi connectivity index (χ0) is 15.6. The van der Waals surface area contributed by atoms with Gasteiger partial charge in [0.25, 0.3) is 0 Å². The molecule has 118 valence electrons. The van der Waals surface area contributed by atoms with E-state index >= 15 is 0 Å². The topological polar surface area (TPSA) is 82.1 Å². The predicted molar refractivity (Wildman–Crippen MR) is 88.3 cm³/mol. The Balaban J connectivity index is 1.73. The van der Waals surface area contributed by atoms with Gasteiger partial charge in [0.2, 0.25) is 5.95 Å². The zero-order valence-corrected chi connectivity index (χ0v) is 12.7. The fourth-order valence-electron chi connectivity index (χ4n) is 2.75. The van der Waals surface area contributed by atoms with Gasteiger partial charge >= 0.3 is 0 Å². The molecule has 3 heterocycles. The van der Waals surface area contributed by atoms with E-state index in [2.05, 4.69) is 27.0 Å². The number of aromatic nitrogens is 4. The summed E-state index contributed by atoms with van der Waals surface area (Å²) in [5.41, 5.74) is 8.69. The number of hydrogen-bond donors (Lipinski definition) is 1. The number of morpholine rings is 1. The second-order valence-electron chi connectivity index (χ2n) is 5.54. The van der Waals surface area contributed by atoms with E-state index in [-0.39, 0.29) is 0 Å². The Labute approximate surface area is 133 Å². The van der Waals surface area contributed by atoms with Gasteiger partial charge in [-0.05, 0) is 5.56 Å². The first kappa shape index (κ1) is 14.0. The molecule has 4 rings (SSSR count).